The molecule has 1 N–H and O–H groups in total. The van der Waals surface area contributed by atoms with Crippen LogP contribution in [0.15, 0.2) is 23.1 Å². The Morgan fingerprint density at radius 2 is 1.79 bits per heavy atom. The smallest absolute Gasteiger partial charge is 0.264 e. The fourth-order valence-corrected chi connectivity index (χ4v) is 5.47. The monoisotopic (exact) mass is 419 g/mol. The largest absolute Gasteiger partial charge is 0.378 e. The minimum absolute atomic E-state index is 0.0549. The highest BCUT2D eigenvalue weighted by Crippen LogP contribution is 2.31. The molecule has 0 aliphatic carbocycles. The van der Waals surface area contributed by atoms with Crippen LogP contribution in [0.5, 0.6) is 0 Å². The zero-order valence-electron chi connectivity index (χ0n) is 17.7. The lowest BCUT2D eigenvalue weighted by Crippen LogP contribution is -2.41. The van der Waals surface area contributed by atoms with Gasteiger partial charge in [0.25, 0.3) is 15.9 Å². The number of anilines is 1. The highest BCUT2D eigenvalue weighted by atomic mass is 32.2. The summed E-state index contributed by atoms with van der Waals surface area (Å²) < 4.78 is 36.9. The molecule has 1 saturated heterocycles. The molecule has 0 spiro atoms. The molecule has 0 radical (unpaired) electrons. The molecule has 1 aromatic heterocycles. The molecule has 1 aliphatic heterocycles. The van der Waals surface area contributed by atoms with Crippen LogP contribution in [0.2, 0.25) is 0 Å². The number of aryl methyl sites for hydroxylation is 2. The number of ether oxygens (including phenoxy) is 1. The quantitative estimate of drug-likeness (QED) is 0.808. The third-order valence-corrected chi connectivity index (χ3v) is 7.19. The highest BCUT2D eigenvalue weighted by Gasteiger charge is 2.33. The van der Waals surface area contributed by atoms with Gasteiger partial charge in [-0.2, -0.15) is 0 Å². The van der Waals surface area contributed by atoms with Gasteiger partial charge in [-0.05, 0) is 38.3 Å². The van der Waals surface area contributed by atoms with Gasteiger partial charge in [0, 0.05) is 31.5 Å². The van der Waals surface area contributed by atoms with Gasteiger partial charge in [-0.1, -0.05) is 25.1 Å². The number of carbonyl (C=O) groups excluding carboxylic acids is 1. The number of para-hydroxylation sites is 1. The number of nitrogens with one attached hydrogen (secondary N) is 1. The van der Waals surface area contributed by atoms with E-state index in [1.807, 2.05) is 32.0 Å². The molecule has 1 fully saturated rings. The number of amides is 1. The second kappa shape index (κ2) is 8.20. The SMILES string of the molecule is CCc1cccc(C)c1NS(=O)(=O)c1c(C(=O)N2CCOCC2)c(C)n(C)c1C. The number of hydrogen-bond acceptors (Lipinski definition) is 4. The Hall–Kier alpha value is -2.32. The number of nitrogens with zero attached hydrogens (tertiary/aromatic N) is 2. The van der Waals surface area contributed by atoms with Gasteiger partial charge < -0.3 is 14.2 Å². The average molecular weight is 420 g/mol. The van der Waals surface area contributed by atoms with E-state index in [9.17, 15) is 13.2 Å². The summed E-state index contributed by atoms with van der Waals surface area (Å²) in [6.45, 7) is 9.20. The molecule has 3 rings (SSSR count). The summed E-state index contributed by atoms with van der Waals surface area (Å²) >= 11 is 0. The maximum Gasteiger partial charge on any atom is 0.264 e. The maximum atomic E-state index is 13.5. The van der Waals surface area contributed by atoms with Gasteiger partial charge in [-0.25, -0.2) is 8.42 Å². The first-order chi connectivity index (χ1) is 13.7. The molecule has 158 valence electrons. The van der Waals surface area contributed by atoms with Crippen LogP contribution in [-0.4, -0.2) is 50.1 Å². The molecule has 1 aromatic carbocycles. The van der Waals surface area contributed by atoms with Crippen molar-refractivity contribution >= 4 is 21.6 Å². The highest BCUT2D eigenvalue weighted by molar-refractivity contribution is 7.92. The van der Waals surface area contributed by atoms with Crippen LogP contribution in [0.3, 0.4) is 0 Å². The summed E-state index contributed by atoms with van der Waals surface area (Å²) in [4.78, 5) is 15.0. The van der Waals surface area contributed by atoms with Crippen molar-refractivity contribution < 1.29 is 17.9 Å². The normalized spacial score (nSPS) is 14.9. The molecule has 29 heavy (non-hydrogen) atoms. The lowest BCUT2D eigenvalue weighted by molar-refractivity contribution is 0.0300. The molecule has 1 amide bonds. The predicted octanol–water partition coefficient (Wildman–Crippen LogP) is 2.79. The summed E-state index contributed by atoms with van der Waals surface area (Å²) in [5, 5.41) is 0. The van der Waals surface area contributed by atoms with Gasteiger partial charge >= 0.3 is 0 Å². The van der Waals surface area contributed by atoms with Crippen LogP contribution in [0.1, 0.15) is 39.8 Å². The van der Waals surface area contributed by atoms with Crippen molar-refractivity contribution in [3.05, 3.63) is 46.3 Å². The Kier molecular flexibility index (Phi) is 6.05. The van der Waals surface area contributed by atoms with Gasteiger partial charge in [0.05, 0.1) is 24.5 Å². The van der Waals surface area contributed by atoms with Crippen LogP contribution in [0.25, 0.3) is 0 Å². The zero-order valence-corrected chi connectivity index (χ0v) is 18.5. The Bertz CT molecular complexity index is 1030. The number of carbonyl (C=O) groups is 1. The fraction of sp³-hybridized carbons (Fsp3) is 0.476. The molecule has 1 aliphatic rings. The summed E-state index contributed by atoms with van der Waals surface area (Å²) in [7, 11) is -2.18. The molecular formula is C21H29N3O4S. The number of aromatic nitrogens is 1. The first kappa shape index (κ1) is 21.4. The van der Waals surface area contributed by atoms with Crippen molar-refractivity contribution in [2.24, 2.45) is 7.05 Å². The van der Waals surface area contributed by atoms with E-state index >= 15 is 0 Å². The van der Waals surface area contributed by atoms with E-state index in [1.165, 1.54) is 0 Å². The Morgan fingerprint density at radius 1 is 1.14 bits per heavy atom. The van der Waals surface area contributed by atoms with Gasteiger partial charge in [-0.3, -0.25) is 9.52 Å². The van der Waals surface area contributed by atoms with Gasteiger partial charge in [-0.15, -0.1) is 0 Å². The average Bonchev–Trinajstić information content (AvgIpc) is 2.94. The molecule has 2 aromatic rings. The van der Waals surface area contributed by atoms with Crippen LogP contribution in [0, 0.1) is 20.8 Å². The molecule has 2 heterocycles. The lowest BCUT2D eigenvalue weighted by atomic mass is 10.1. The molecule has 7 nitrogen and oxygen atoms in total. The van der Waals surface area contributed by atoms with E-state index in [2.05, 4.69) is 4.72 Å². The molecule has 0 atom stereocenters. The number of morpholine rings is 1. The minimum Gasteiger partial charge on any atom is -0.378 e. The van der Waals surface area contributed by atoms with Crippen LogP contribution in [0.4, 0.5) is 5.69 Å². The summed E-state index contributed by atoms with van der Waals surface area (Å²) in [6.07, 6.45) is 0.700. The Morgan fingerprint density at radius 3 is 2.41 bits per heavy atom. The number of benzene rings is 1. The number of sulfonamides is 1. The standard InChI is InChI=1S/C21H29N3O4S/c1-6-17-9-7-8-14(2)19(17)22-29(26,27)20-16(4)23(5)15(3)18(20)21(25)24-10-12-28-13-11-24/h7-9,22H,6,10-13H2,1-5H3. The topological polar surface area (TPSA) is 80.6 Å². The van der Waals surface area contributed by atoms with Gasteiger partial charge in [0.2, 0.25) is 0 Å². The molecule has 0 unspecified atom stereocenters. The second-order valence-electron chi connectivity index (χ2n) is 7.41. The third-order valence-electron chi connectivity index (χ3n) is 5.68. The molecular weight excluding hydrogens is 390 g/mol. The Balaban J connectivity index is 2.10. The zero-order chi connectivity index (χ0) is 21.3. The molecule has 8 heteroatoms. The van der Waals surface area contributed by atoms with E-state index in [-0.39, 0.29) is 16.4 Å². The minimum atomic E-state index is -3.96. The van der Waals surface area contributed by atoms with E-state index in [0.717, 1.165) is 11.1 Å². The van der Waals surface area contributed by atoms with Crippen molar-refractivity contribution in [2.75, 3.05) is 31.0 Å². The maximum absolute atomic E-state index is 13.5. The van der Waals surface area contributed by atoms with Crippen molar-refractivity contribution in [1.82, 2.24) is 9.47 Å². The lowest BCUT2D eigenvalue weighted by Gasteiger charge is -2.27. The van der Waals surface area contributed by atoms with Crippen molar-refractivity contribution in [2.45, 2.75) is 39.0 Å². The van der Waals surface area contributed by atoms with Gasteiger partial charge in [0.1, 0.15) is 4.90 Å². The van der Waals surface area contributed by atoms with Crippen LogP contribution in [-0.2, 0) is 28.2 Å². The van der Waals surface area contributed by atoms with Crippen LogP contribution >= 0.6 is 0 Å². The number of rotatable bonds is 5. The van der Waals surface area contributed by atoms with E-state index in [0.29, 0.717) is 49.8 Å². The van der Waals surface area contributed by atoms with Crippen molar-refractivity contribution in [3.63, 3.8) is 0 Å². The predicted molar refractivity (Wildman–Crippen MR) is 113 cm³/mol. The first-order valence-corrected chi connectivity index (χ1v) is 11.3. The van der Waals surface area contributed by atoms with Crippen molar-refractivity contribution in [1.29, 1.82) is 0 Å². The van der Waals surface area contributed by atoms with E-state index in [1.54, 1.807) is 30.4 Å². The molecule has 0 bridgehead atoms. The summed E-state index contributed by atoms with van der Waals surface area (Å²) in [5.74, 6) is -0.268. The second-order valence-corrected chi connectivity index (χ2v) is 9.03. The van der Waals surface area contributed by atoms with Crippen LogP contribution < -0.4 is 4.72 Å². The summed E-state index contributed by atoms with van der Waals surface area (Å²) in [5.41, 5.74) is 3.77. The van der Waals surface area contributed by atoms with E-state index < -0.39 is 10.0 Å². The molecule has 0 saturated carbocycles. The summed E-state index contributed by atoms with van der Waals surface area (Å²) in [6, 6.07) is 5.70. The third kappa shape index (κ3) is 3.91. The van der Waals surface area contributed by atoms with Crippen molar-refractivity contribution in [3.8, 4) is 0 Å². The first-order valence-electron chi connectivity index (χ1n) is 9.83. The Labute approximate surface area is 172 Å². The van der Waals surface area contributed by atoms with Gasteiger partial charge in [0.15, 0.2) is 0 Å². The number of hydrogen-bond donors (Lipinski definition) is 1. The fourth-order valence-electron chi connectivity index (χ4n) is 3.78. The van der Waals surface area contributed by atoms with E-state index in [4.69, 9.17) is 4.74 Å².